The highest BCUT2D eigenvalue weighted by atomic mass is 35.5. The minimum Gasteiger partial charge on any atom is -0.470 e. The lowest BCUT2D eigenvalue weighted by atomic mass is 10.2. The standard InChI is InChI=1S/C26H26F2N6O4.C17H10ClF2N5O/c1-26(2,3)38-25(35)33-10-8-17(15-33)37-24-19(28)13-29-23(30-24)21-12-22(20-9-11-36-32-20)34(31-21)14-16-6-4-5-7-18(16)27;18-16-12(20)8-21-17(22-16)14-7-15(13-5-6-26-24-13)25(23-14)9-10-3-1-2-4-11(10)19/h4-7,9,11-13,17H,8,10,14-15H2,1-3H3;1-8H,9H2. The molecule has 8 aromatic rings. The van der Waals surface area contributed by atoms with Crippen LogP contribution in [0.3, 0.4) is 0 Å². The third-order valence-corrected chi connectivity index (χ3v) is 9.73. The van der Waals surface area contributed by atoms with Crippen LogP contribution in [0.1, 0.15) is 38.3 Å². The van der Waals surface area contributed by atoms with Crippen LogP contribution < -0.4 is 4.74 Å². The Kier molecular flexibility index (Phi) is 12.5. The van der Waals surface area contributed by atoms with E-state index < -0.39 is 29.4 Å². The monoisotopic (exact) mass is 897 g/mol. The van der Waals surface area contributed by atoms with Crippen LogP contribution >= 0.6 is 11.6 Å². The van der Waals surface area contributed by atoms with E-state index in [-0.39, 0.29) is 54.0 Å². The van der Waals surface area contributed by atoms with Crippen molar-refractivity contribution in [1.82, 2.24) is 54.7 Å². The zero-order valence-electron chi connectivity index (χ0n) is 34.2. The van der Waals surface area contributed by atoms with E-state index in [9.17, 15) is 22.4 Å². The fourth-order valence-corrected chi connectivity index (χ4v) is 6.60. The van der Waals surface area contributed by atoms with Crippen molar-refractivity contribution in [2.45, 2.75) is 52.0 Å². The maximum atomic E-state index is 14.6. The zero-order chi connectivity index (χ0) is 45.0. The number of ether oxygens (including phenoxy) is 2. The minimum atomic E-state index is -0.744. The van der Waals surface area contributed by atoms with E-state index in [4.69, 9.17) is 30.1 Å². The number of carbonyl (C=O) groups is 1. The summed E-state index contributed by atoms with van der Waals surface area (Å²) in [6.45, 7) is 6.29. The molecule has 7 heterocycles. The SMILES string of the molecule is CC(C)(C)OC(=O)N1CCC(Oc2nc(-c3cc(-c4ccon4)n(Cc4ccccc4F)n3)ncc2F)C1.Fc1ccccc1Cn1nc(-c2ncc(F)c(Cl)n2)cc1-c1ccon1. The Labute approximate surface area is 366 Å². The van der Waals surface area contributed by atoms with E-state index in [1.165, 1.54) is 29.6 Å². The largest absolute Gasteiger partial charge is 0.470 e. The summed E-state index contributed by atoms with van der Waals surface area (Å²) >= 11 is 5.72. The predicted octanol–water partition coefficient (Wildman–Crippen LogP) is 8.68. The number of rotatable bonds is 10. The maximum Gasteiger partial charge on any atom is 0.410 e. The summed E-state index contributed by atoms with van der Waals surface area (Å²) in [5.74, 6) is -2.19. The van der Waals surface area contributed by atoms with Gasteiger partial charge in [-0.15, -0.1) is 0 Å². The molecular formula is C43H36ClF4N11O5. The van der Waals surface area contributed by atoms with E-state index in [0.29, 0.717) is 58.3 Å². The highest BCUT2D eigenvalue weighted by Gasteiger charge is 2.32. The fraction of sp³-hybridized carbons (Fsp3) is 0.233. The second-order valence-electron chi connectivity index (χ2n) is 15.2. The molecule has 64 heavy (non-hydrogen) atoms. The Morgan fingerprint density at radius 3 is 1.77 bits per heavy atom. The van der Waals surface area contributed by atoms with Gasteiger partial charge in [0.25, 0.3) is 5.88 Å². The van der Waals surface area contributed by atoms with Gasteiger partial charge in [-0.1, -0.05) is 58.3 Å². The van der Waals surface area contributed by atoms with E-state index in [1.807, 2.05) is 0 Å². The van der Waals surface area contributed by atoms with Crippen LogP contribution in [-0.4, -0.2) is 85.6 Å². The van der Waals surface area contributed by atoms with Crippen molar-refractivity contribution in [3.8, 4) is 51.7 Å². The average molecular weight is 898 g/mol. The molecule has 328 valence electrons. The van der Waals surface area contributed by atoms with Crippen molar-refractivity contribution in [1.29, 1.82) is 0 Å². The molecule has 1 aliphatic rings. The van der Waals surface area contributed by atoms with E-state index in [1.54, 1.807) is 90.8 Å². The molecule has 1 atom stereocenters. The van der Waals surface area contributed by atoms with Crippen molar-refractivity contribution in [3.05, 3.63) is 137 Å². The highest BCUT2D eigenvalue weighted by Crippen LogP contribution is 2.29. The van der Waals surface area contributed by atoms with Gasteiger partial charge in [0.05, 0.1) is 43.4 Å². The molecule has 0 saturated carbocycles. The number of carbonyl (C=O) groups excluding carboxylic acids is 1. The van der Waals surface area contributed by atoms with Crippen LogP contribution in [0.5, 0.6) is 5.88 Å². The molecule has 0 bridgehead atoms. The quantitative estimate of drug-likeness (QED) is 0.0942. The number of aromatic nitrogens is 10. The topological polar surface area (TPSA) is 178 Å². The number of amides is 1. The normalized spacial score (nSPS) is 13.8. The number of benzene rings is 2. The van der Waals surface area contributed by atoms with Crippen LogP contribution in [-0.2, 0) is 17.8 Å². The van der Waals surface area contributed by atoms with Crippen molar-refractivity contribution < 1.29 is 40.9 Å². The van der Waals surface area contributed by atoms with Crippen LogP contribution in [0.4, 0.5) is 22.4 Å². The molecule has 0 aliphatic carbocycles. The predicted molar refractivity (Wildman–Crippen MR) is 220 cm³/mol. The molecule has 1 unspecified atom stereocenters. The summed E-state index contributed by atoms with van der Waals surface area (Å²) in [6, 6.07) is 19.4. The number of halogens is 5. The van der Waals surface area contributed by atoms with Gasteiger partial charge in [-0.2, -0.15) is 19.6 Å². The summed E-state index contributed by atoms with van der Waals surface area (Å²) in [7, 11) is 0. The van der Waals surface area contributed by atoms with Gasteiger partial charge in [0.2, 0.25) is 5.82 Å². The molecule has 1 fully saturated rings. The molecule has 6 aromatic heterocycles. The lowest BCUT2D eigenvalue weighted by Crippen LogP contribution is -2.36. The molecule has 21 heteroatoms. The summed E-state index contributed by atoms with van der Waals surface area (Å²) in [5, 5.41) is 16.5. The first-order valence-electron chi connectivity index (χ1n) is 19.6. The van der Waals surface area contributed by atoms with Gasteiger partial charge in [0.15, 0.2) is 22.6 Å². The van der Waals surface area contributed by atoms with Crippen molar-refractivity contribution in [2.75, 3.05) is 13.1 Å². The fourth-order valence-electron chi connectivity index (χ4n) is 6.47. The Morgan fingerprint density at radius 1 is 0.734 bits per heavy atom. The number of likely N-dealkylation sites (tertiary alicyclic amines) is 1. The van der Waals surface area contributed by atoms with Crippen molar-refractivity contribution >= 4 is 17.7 Å². The van der Waals surface area contributed by atoms with Crippen LogP contribution in [0.2, 0.25) is 5.15 Å². The van der Waals surface area contributed by atoms with Gasteiger partial charge < -0.3 is 23.4 Å². The molecule has 1 saturated heterocycles. The van der Waals surface area contributed by atoms with E-state index in [0.717, 1.165) is 12.4 Å². The second-order valence-corrected chi connectivity index (χ2v) is 15.6. The lowest BCUT2D eigenvalue weighted by Gasteiger charge is -2.24. The first kappa shape index (κ1) is 43.2. The van der Waals surface area contributed by atoms with Gasteiger partial charge in [0, 0.05) is 36.2 Å². The molecule has 0 spiro atoms. The van der Waals surface area contributed by atoms with Crippen LogP contribution in [0.25, 0.3) is 45.8 Å². The van der Waals surface area contributed by atoms with Crippen LogP contribution in [0.15, 0.2) is 107 Å². The molecule has 9 rings (SSSR count). The van der Waals surface area contributed by atoms with Crippen molar-refractivity contribution in [3.63, 3.8) is 0 Å². The van der Waals surface area contributed by atoms with Gasteiger partial charge in [-0.3, -0.25) is 9.36 Å². The van der Waals surface area contributed by atoms with Gasteiger partial charge in [0.1, 0.15) is 58.6 Å². The van der Waals surface area contributed by atoms with Crippen molar-refractivity contribution in [2.24, 2.45) is 0 Å². The van der Waals surface area contributed by atoms with E-state index >= 15 is 0 Å². The molecule has 0 N–H and O–H groups in total. The van der Waals surface area contributed by atoms with Gasteiger partial charge in [-0.05, 0) is 45.0 Å². The molecule has 16 nitrogen and oxygen atoms in total. The van der Waals surface area contributed by atoms with Gasteiger partial charge >= 0.3 is 6.09 Å². The number of hydrogen-bond acceptors (Lipinski definition) is 13. The third kappa shape index (κ3) is 10.1. The number of hydrogen-bond donors (Lipinski definition) is 0. The lowest BCUT2D eigenvalue weighted by molar-refractivity contribution is 0.0274. The first-order valence-corrected chi connectivity index (χ1v) is 20.0. The zero-order valence-corrected chi connectivity index (χ0v) is 35.0. The second kappa shape index (κ2) is 18.5. The Hall–Kier alpha value is -7.48. The average Bonchev–Trinajstić information content (AvgIpc) is 4.12. The van der Waals surface area contributed by atoms with E-state index in [2.05, 4.69) is 40.4 Å². The minimum absolute atomic E-state index is 0.112. The van der Waals surface area contributed by atoms with Gasteiger partial charge in [-0.25, -0.2) is 32.9 Å². The first-order chi connectivity index (χ1) is 30.8. The molecular weight excluding hydrogens is 862 g/mol. The smallest absolute Gasteiger partial charge is 0.410 e. The maximum absolute atomic E-state index is 14.6. The summed E-state index contributed by atoms with van der Waals surface area (Å²) in [6.07, 6.45) is 4.38. The Morgan fingerprint density at radius 2 is 1.27 bits per heavy atom. The molecule has 2 aromatic carbocycles. The molecule has 0 radical (unpaired) electrons. The Bertz CT molecular complexity index is 2890. The third-order valence-electron chi connectivity index (χ3n) is 9.46. The number of nitrogens with zero attached hydrogens (tertiary/aromatic N) is 11. The summed E-state index contributed by atoms with van der Waals surface area (Å²) in [4.78, 5) is 30.0. The summed E-state index contributed by atoms with van der Waals surface area (Å²) < 4.78 is 80.4. The van der Waals surface area contributed by atoms with Crippen LogP contribution in [0, 0.1) is 23.3 Å². The highest BCUT2D eigenvalue weighted by molar-refractivity contribution is 6.29. The molecule has 1 amide bonds. The Balaban J connectivity index is 0.000000188. The molecule has 1 aliphatic heterocycles. The summed E-state index contributed by atoms with van der Waals surface area (Å²) in [5.41, 5.74) is 3.01.